The van der Waals surface area contributed by atoms with Crippen LogP contribution in [-0.4, -0.2) is 68.5 Å². The lowest BCUT2D eigenvalue weighted by Gasteiger charge is -2.30. The number of carbonyl (C=O) groups is 1. The van der Waals surface area contributed by atoms with Crippen molar-refractivity contribution in [3.8, 4) is 0 Å². The van der Waals surface area contributed by atoms with Crippen LogP contribution in [0.15, 0.2) is 12.2 Å². The van der Waals surface area contributed by atoms with Gasteiger partial charge in [0, 0.05) is 6.42 Å². The number of amides is 1. The maximum absolute atomic E-state index is 12.8. The van der Waals surface area contributed by atoms with Crippen LogP contribution >= 0.6 is 7.82 Å². The summed E-state index contributed by atoms with van der Waals surface area (Å²) in [6, 6.07) is -0.794. The first-order chi connectivity index (χ1) is 26.0. The number of nitrogens with one attached hydrogen (secondary N) is 1. The molecule has 0 rings (SSSR count). The van der Waals surface area contributed by atoms with Crippen molar-refractivity contribution in [3.05, 3.63) is 12.2 Å². The summed E-state index contributed by atoms with van der Waals surface area (Å²) in [6.45, 7) is 4.70. The standard InChI is InChI=1S/C45H91N2O6P/c1-6-8-10-12-14-16-17-18-19-20-21-22-23-24-25-26-27-28-29-31-33-35-37-39-45(49)46-43(42-53-54(50,51)52-41-40-47(3,4)5)44(48)38-36-34-32-30-15-13-11-9-7-2/h18-19,43-44,48H,6-17,20-42H2,1-5H3,(H-,46,49,50,51)/b19-18+/t43-,44+/m0/s1. The molecule has 322 valence electrons. The summed E-state index contributed by atoms with van der Waals surface area (Å²) in [6.07, 6.45) is 42.3. The fraction of sp³-hybridized carbons (Fsp3) is 0.933. The minimum Gasteiger partial charge on any atom is -0.756 e. The number of quaternary nitrogens is 1. The fourth-order valence-corrected chi connectivity index (χ4v) is 7.52. The Bertz CT molecular complexity index is 896. The quantitative estimate of drug-likeness (QED) is 0.0276. The smallest absolute Gasteiger partial charge is 0.268 e. The Labute approximate surface area is 335 Å². The van der Waals surface area contributed by atoms with E-state index in [1.54, 1.807) is 0 Å². The highest BCUT2D eigenvalue weighted by Gasteiger charge is 2.24. The van der Waals surface area contributed by atoms with E-state index in [1.165, 1.54) is 154 Å². The van der Waals surface area contributed by atoms with E-state index in [9.17, 15) is 19.4 Å². The number of phosphoric acid groups is 1. The maximum atomic E-state index is 12.8. The lowest BCUT2D eigenvalue weighted by molar-refractivity contribution is -0.870. The Morgan fingerprint density at radius 2 is 1.02 bits per heavy atom. The molecule has 0 aliphatic carbocycles. The number of likely N-dealkylation sites (N-methyl/N-ethyl adjacent to an activating group) is 1. The van der Waals surface area contributed by atoms with E-state index in [-0.39, 0.29) is 19.1 Å². The van der Waals surface area contributed by atoms with E-state index in [4.69, 9.17) is 9.05 Å². The Balaban J connectivity index is 4.13. The second-order valence-corrected chi connectivity index (χ2v) is 18.5. The molecule has 0 saturated heterocycles. The predicted molar refractivity (Wildman–Crippen MR) is 229 cm³/mol. The van der Waals surface area contributed by atoms with Gasteiger partial charge in [-0.2, -0.15) is 0 Å². The third-order valence-electron chi connectivity index (χ3n) is 10.5. The van der Waals surface area contributed by atoms with Gasteiger partial charge in [0.05, 0.1) is 39.9 Å². The largest absolute Gasteiger partial charge is 0.756 e. The molecule has 0 heterocycles. The number of unbranched alkanes of at least 4 members (excludes halogenated alkanes) is 27. The van der Waals surface area contributed by atoms with Crippen LogP contribution in [0.5, 0.6) is 0 Å². The molecule has 0 radical (unpaired) electrons. The van der Waals surface area contributed by atoms with E-state index in [2.05, 4.69) is 31.3 Å². The van der Waals surface area contributed by atoms with Gasteiger partial charge in [-0.1, -0.05) is 187 Å². The summed E-state index contributed by atoms with van der Waals surface area (Å²) in [7, 11) is 1.31. The Kier molecular flexibility index (Phi) is 37.3. The highest BCUT2D eigenvalue weighted by atomic mass is 31.2. The van der Waals surface area contributed by atoms with Gasteiger partial charge in [0.15, 0.2) is 0 Å². The van der Waals surface area contributed by atoms with Crippen molar-refractivity contribution in [2.24, 2.45) is 0 Å². The zero-order chi connectivity index (χ0) is 40.0. The molecule has 0 fully saturated rings. The average Bonchev–Trinajstić information content (AvgIpc) is 3.12. The van der Waals surface area contributed by atoms with Crippen molar-refractivity contribution in [2.75, 3.05) is 40.9 Å². The molecule has 54 heavy (non-hydrogen) atoms. The van der Waals surface area contributed by atoms with Gasteiger partial charge in [-0.3, -0.25) is 9.36 Å². The van der Waals surface area contributed by atoms with Crippen LogP contribution in [0.2, 0.25) is 0 Å². The highest BCUT2D eigenvalue weighted by molar-refractivity contribution is 7.45. The molecule has 0 saturated carbocycles. The van der Waals surface area contributed by atoms with Crippen LogP contribution in [0, 0.1) is 0 Å². The van der Waals surface area contributed by atoms with Crippen molar-refractivity contribution in [2.45, 2.75) is 231 Å². The first kappa shape index (κ1) is 53.2. The van der Waals surface area contributed by atoms with Crippen LogP contribution < -0.4 is 10.2 Å². The molecule has 0 aliphatic heterocycles. The molecule has 0 aromatic heterocycles. The van der Waals surface area contributed by atoms with Gasteiger partial charge in [0.1, 0.15) is 13.2 Å². The normalized spacial score (nSPS) is 14.4. The average molecular weight is 787 g/mol. The third kappa shape index (κ3) is 39.5. The lowest BCUT2D eigenvalue weighted by Crippen LogP contribution is -2.46. The van der Waals surface area contributed by atoms with Gasteiger partial charge in [-0.15, -0.1) is 0 Å². The zero-order valence-corrected chi connectivity index (χ0v) is 37.3. The molecule has 1 unspecified atom stereocenters. The fourth-order valence-electron chi connectivity index (χ4n) is 6.80. The zero-order valence-electron chi connectivity index (χ0n) is 36.4. The predicted octanol–water partition coefficient (Wildman–Crippen LogP) is 12.1. The molecule has 1 amide bonds. The van der Waals surface area contributed by atoms with E-state index in [0.717, 1.165) is 38.5 Å². The number of aliphatic hydroxyl groups is 1. The Morgan fingerprint density at radius 3 is 1.44 bits per heavy atom. The summed E-state index contributed by atoms with van der Waals surface area (Å²) in [5, 5.41) is 13.8. The van der Waals surface area contributed by atoms with Crippen molar-refractivity contribution < 1.29 is 32.9 Å². The lowest BCUT2D eigenvalue weighted by atomic mass is 10.0. The summed E-state index contributed by atoms with van der Waals surface area (Å²) in [5.74, 6) is -0.165. The maximum Gasteiger partial charge on any atom is 0.268 e. The highest BCUT2D eigenvalue weighted by Crippen LogP contribution is 2.38. The number of nitrogens with zero attached hydrogens (tertiary/aromatic N) is 1. The van der Waals surface area contributed by atoms with E-state index < -0.39 is 20.0 Å². The number of hydrogen-bond donors (Lipinski definition) is 2. The molecule has 2 N–H and O–H groups in total. The third-order valence-corrected chi connectivity index (χ3v) is 11.5. The van der Waals surface area contributed by atoms with E-state index >= 15 is 0 Å². The minimum atomic E-state index is -4.55. The molecule has 3 atom stereocenters. The van der Waals surface area contributed by atoms with Crippen LogP contribution in [0.3, 0.4) is 0 Å². The molecule has 0 bridgehead atoms. The number of aliphatic hydroxyl groups excluding tert-OH is 1. The molecular formula is C45H91N2O6P. The number of phosphoric ester groups is 1. The van der Waals surface area contributed by atoms with Gasteiger partial charge >= 0.3 is 0 Å². The molecule has 9 heteroatoms. The summed E-state index contributed by atoms with van der Waals surface area (Å²) < 4.78 is 23.2. The van der Waals surface area contributed by atoms with Crippen molar-refractivity contribution >= 4 is 13.7 Å². The Hall–Kier alpha value is -0.760. The molecule has 0 spiro atoms. The van der Waals surface area contributed by atoms with Crippen LogP contribution in [-0.2, 0) is 18.4 Å². The van der Waals surface area contributed by atoms with Gasteiger partial charge in [-0.05, 0) is 38.5 Å². The number of rotatable bonds is 42. The SMILES string of the molecule is CCCCCCCC/C=C/CCCCCCCCCCCCCCCC(=O)N[C@@H](COP(=O)([O-])OCC[N+](C)(C)C)[C@H](O)CCCCCCCCCCC. The second kappa shape index (κ2) is 37.8. The summed E-state index contributed by atoms with van der Waals surface area (Å²) in [5.41, 5.74) is 0. The van der Waals surface area contributed by atoms with Crippen LogP contribution in [0.4, 0.5) is 0 Å². The van der Waals surface area contributed by atoms with Gasteiger partial charge in [0.25, 0.3) is 7.82 Å². The Morgan fingerprint density at radius 1 is 0.630 bits per heavy atom. The van der Waals surface area contributed by atoms with Gasteiger partial charge < -0.3 is 28.8 Å². The summed E-state index contributed by atoms with van der Waals surface area (Å²) in [4.78, 5) is 25.3. The van der Waals surface area contributed by atoms with Crippen molar-refractivity contribution in [1.29, 1.82) is 0 Å². The minimum absolute atomic E-state index is 0.0140. The second-order valence-electron chi connectivity index (χ2n) is 17.1. The van der Waals surface area contributed by atoms with E-state index in [1.807, 2.05) is 21.1 Å². The van der Waals surface area contributed by atoms with Gasteiger partial charge in [0.2, 0.25) is 5.91 Å². The number of allylic oxidation sites excluding steroid dienone is 2. The molecule has 0 aromatic carbocycles. The molecule has 0 aromatic rings. The van der Waals surface area contributed by atoms with E-state index in [0.29, 0.717) is 23.9 Å². The first-order valence-corrected chi connectivity index (χ1v) is 24.5. The van der Waals surface area contributed by atoms with Crippen molar-refractivity contribution in [1.82, 2.24) is 5.32 Å². The first-order valence-electron chi connectivity index (χ1n) is 23.0. The summed E-state index contributed by atoms with van der Waals surface area (Å²) >= 11 is 0. The van der Waals surface area contributed by atoms with Crippen LogP contribution in [0.25, 0.3) is 0 Å². The van der Waals surface area contributed by atoms with Crippen LogP contribution in [0.1, 0.15) is 219 Å². The van der Waals surface area contributed by atoms with Crippen molar-refractivity contribution in [3.63, 3.8) is 0 Å². The number of hydrogen-bond acceptors (Lipinski definition) is 6. The monoisotopic (exact) mass is 787 g/mol. The van der Waals surface area contributed by atoms with Gasteiger partial charge in [-0.25, -0.2) is 0 Å². The molecular weight excluding hydrogens is 695 g/mol. The topological polar surface area (TPSA) is 108 Å². The number of carbonyl (C=O) groups excluding carboxylic acids is 1. The molecule has 8 nitrogen and oxygen atoms in total. The molecule has 0 aliphatic rings.